The van der Waals surface area contributed by atoms with Gasteiger partial charge in [-0.1, -0.05) is 25.3 Å². The first kappa shape index (κ1) is 20.0. The zero-order valence-electron chi connectivity index (χ0n) is 14.8. The van der Waals surface area contributed by atoms with Crippen LogP contribution in [0.1, 0.15) is 26.3 Å². The lowest BCUT2D eigenvalue weighted by molar-refractivity contribution is -0.111. The number of rotatable bonds is 7. The highest BCUT2D eigenvalue weighted by atomic mass is 19.1. The number of amides is 1. The molecule has 0 aliphatic carbocycles. The summed E-state index contributed by atoms with van der Waals surface area (Å²) in [6.07, 6.45) is 2.54. The van der Waals surface area contributed by atoms with Gasteiger partial charge < -0.3 is 10.6 Å². The predicted octanol–water partition coefficient (Wildman–Crippen LogP) is 4.12. The smallest absolute Gasteiger partial charge is 0.247 e. The Hall–Kier alpha value is -3.02. The number of allylic oxidation sites excluding steroid dienone is 2. The van der Waals surface area contributed by atoms with Gasteiger partial charge in [-0.3, -0.25) is 9.79 Å². The summed E-state index contributed by atoms with van der Waals surface area (Å²) in [5.41, 5.74) is 2.13. The SMILES string of the molecule is C=CC(=O)Nc1cccc(CN=C(C)NC(=C)N=C(C)/C=C(\C)F)c1. The number of amidine groups is 1. The van der Waals surface area contributed by atoms with Gasteiger partial charge in [0.15, 0.2) is 0 Å². The van der Waals surface area contributed by atoms with E-state index in [1.165, 1.54) is 19.1 Å². The fourth-order valence-electron chi connectivity index (χ4n) is 1.96. The Morgan fingerprint density at radius 1 is 1.32 bits per heavy atom. The molecule has 0 spiro atoms. The number of nitrogens with one attached hydrogen (secondary N) is 2. The van der Waals surface area contributed by atoms with E-state index in [1.54, 1.807) is 19.9 Å². The van der Waals surface area contributed by atoms with Gasteiger partial charge in [0.1, 0.15) is 5.82 Å². The molecule has 0 aliphatic rings. The molecule has 0 unspecified atom stereocenters. The summed E-state index contributed by atoms with van der Waals surface area (Å²) in [7, 11) is 0. The monoisotopic (exact) mass is 342 g/mol. The van der Waals surface area contributed by atoms with E-state index in [9.17, 15) is 9.18 Å². The molecule has 0 fully saturated rings. The molecular weight excluding hydrogens is 319 g/mol. The topological polar surface area (TPSA) is 65.8 Å². The minimum atomic E-state index is -0.317. The molecule has 2 N–H and O–H groups in total. The third kappa shape index (κ3) is 8.41. The van der Waals surface area contributed by atoms with Crippen molar-refractivity contribution in [1.82, 2.24) is 5.32 Å². The first-order valence-corrected chi connectivity index (χ1v) is 7.68. The highest BCUT2D eigenvalue weighted by Gasteiger charge is 2.00. The van der Waals surface area contributed by atoms with E-state index in [0.717, 1.165) is 5.56 Å². The summed E-state index contributed by atoms with van der Waals surface area (Å²) in [6, 6.07) is 7.38. The molecule has 132 valence electrons. The van der Waals surface area contributed by atoms with E-state index < -0.39 is 0 Å². The average Bonchev–Trinajstić information content (AvgIpc) is 2.52. The molecule has 0 aliphatic heterocycles. The maximum Gasteiger partial charge on any atom is 0.247 e. The van der Waals surface area contributed by atoms with Gasteiger partial charge in [0.25, 0.3) is 0 Å². The lowest BCUT2D eigenvalue weighted by Crippen LogP contribution is -2.18. The molecule has 1 aromatic carbocycles. The number of halogens is 1. The third-order valence-electron chi connectivity index (χ3n) is 2.92. The van der Waals surface area contributed by atoms with E-state index >= 15 is 0 Å². The highest BCUT2D eigenvalue weighted by Crippen LogP contribution is 2.11. The molecule has 0 saturated carbocycles. The van der Waals surface area contributed by atoms with Gasteiger partial charge in [-0.25, -0.2) is 9.38 Å². The largest absolute Gasteiger partial charge is 0.330 e. The summed E-state index contributed by atoms with van der Waals surface area (Å²) in [5.74, 6) is 0.426. The molecule has 1 aromatic rings. The lowest BCUT2D eigenvalue weighted by Gasteiger charge is -2.07. The zero-order chi connectivity index (χ0) is 18.8. The maximum absolute atomic E-state index is 12.8. The van der Waals surface area contributed by atoms with E-state index in [1.807, 2.05) is 18.2 Å². The Morgan fingerprint density at radius 2 is 2.04 bits per heavy atom. The van der Waals surface area contributed by atoms with Crippen LogP contribution in [0.25, 0.3) is 0 Å². The second kappa shape index (κ2) is 9.97. The van der Waals surface area contributed by atoms with Crippen LogP contribution in [0.3, 0.4) is 0 Å². The van der Waals surface area contributed by atoms with Crippen LogP contribution in [-0.2, 0) is 11.3 Å². The van der Waals surface area contributed by atoms with Gasteiger partial charge in [0, 0.05) is 11.4 Å². The number of anilines is 1. The van der Waals surface area contributed by atoms with Crippen molar-refractivity contribution in [2.24, 2.45) is 9.98 Å². The quantitative estimate of drug-likeness (QED) is 0.445. The van der Waals surface area contributed by atoms with Crippen molar-refractivity contribution < 1.29 is 9.18 Å². The number of carbonyl (C=O) groups is 1. The van der Waals surface area contributed by atoms with Crippen LogP contribution >= 0.6 is 0 Å². The molecule has 5 nitrogen and oxygen atoms in total. The summed E-state index contributed by atoms with van der Waals surface area (Å²) < 4.78 is 12.8. The van der Waals surface area contributed by atoms with Crippen LogP contribution in [-0.4, -0.2) is 17.5 Å². The molecule has 1 amide bonds. The van der Waals surface area contributed by atoms with Gasteiger partial charge in [0.05, 0.1) is 18.2 Å². The van der Waals surface area contributed by atoms with Crippen LogP contribution in [0.5, 0.6) is 0 Å². The Balaban J connectivity index is 2.67. The molecule has 0 atom stereocenters. The first-order chi connectivity index (χ1) is 11.8. The third-order valence-corrected chi connectivity index (χ3v) is 2.92. The predicted molar refractivity (Wildman–Crippen MR) is 102 cm³/mol. The average molecular weight is 342 g/mol. The maximum atomic E-state index is 12.8. The van der Waals surface area contributed by atoms with Crippen molar-refractivity contribution in [3.05, 3.63) is 66.8 Å². The normalized spacial score (nSPS) is 12.6. The van der Waals surface area contributed by atoms with Crippen LogP contribution in [0.2, 0.25) is 0 Å². The van der Waals surface area contributed by atoms with E-state index in [4.69, 9.17) is 0 Å². The van der Waals surface area contributed by atoms with E-state index in [-0.39, 0.29) is 11.7 Å². The Kier molecular flexibility index (Phi) is 7.99. The van der Waals surface area contributed by atoms with Gasteiger partial charge in [-0.2, -0.15) is 0 Å². The number of nitrogens with zero attached hydrogens (tertiary/aromatic N) is 2. The lowest BCUT2D eigenvalue weighted by atomic mass is 10.2. The van der Waals surface area contributed by atoms with Crippen molar-refractivity contribution >= 4 is 23.1 Å². The minimum absolute atomic E-state index is 0.263. The fraction of sp³-hybridized carbons (Fsp3) is 0.211. The van der Waals surface area contributed by atoms with Crippen molar-refractivity contribution in [1.29, 1.82) is 0 Å². The second-order valence-electron chi connectivity index (χ2n) is 5.35. The molecule has 0 saturated heterocycles. The van der Waals surface area contributed by atoms with E-state index in [2.05, 4.69) is 33.8 Å². The Bertz CT molecular complexity index is 744. The van der Waals surface area contributed by atoms with Gasteiger partial charge in [-0.15, -0.1) is 0 Å². The molecule has 1 rings (SSSR count). The molecule has 0 bridgehead atoms. The van der Waals surface area contributed by atoms with Crippen LogP contribution in [0.15, 0.2) is 71.2 Å². The van der Waals surface area contributed by atoms with Gasteiger partial charge in [-0.05, 0) is 50.6 Å². The number of carbonyl (C=O) groups excluding carboxylic acids is 1. The van der Waals surface area contributed by atoms with Crippen molar-refractivity contribution in [3.63, 3.8) is 0 Å². The van der Waals surface area contributed by atoms with Crippen molar-refractivity contribution in [3.8, 4) is 0 Å². The summed E-state index contributed by atoms with van der Waals surface area (Å²) >= 11 is 0. The molecule has 0 radical (unpaired) electrons. The van der Waals surface area contributed by atoms with Crippen molar-refractivity contribution in [2.75, 3.05) is 5.32 Å². The Morgan fingerprint density at radius 3 is 2.68 bits per heavy atom. The van der Waals surface area contributed by atoms with E-state index in [0.29, 0.717) is 29.6 Å². The first-order valence-electron chi connectivity index (χ1n) is 7.68. The van der Waals surface area contributed by atoms with Gasteiger partial charge >= 0.3 is 0 Å². The second-order valence-corrected chi connectivity index (χ2v) is 5.35. The number of benzene rings is 1. The van der Waals surface area contributed by atoms with Crippen LogP contribution < -0.4 is 10.6 Å². The zero-order valence-corrected chi connectivity index (χ0v) is 14.8. The fourth-order valence-corrected chi connectivity index (χ4v) is 1.96. The molecule has 0 aromatic heterocycles. The standard InChI is InChI=1S/C19H23FN4O/c1-6-19(25)24-18-9-7-8-17(11-18)12-21-15(4)23-16(5)22-14(3)10-13(2)20/h6-11H,1,5,12H2,2-4H3,(H,21,23)(H,24,25)/b13-10+,22-14?. The van der Waals surface area contributed by atoms with Crippen LogP contribution in [0, 0.1) is 0 Å². The number of hydrogen-bond acceptors (Lipinski definition) is 3. The van der Waals surface area contributed by atoms with Crippen LogP contribution in [0.4, 0.5) is 10.1 Å². The van der Waals surface area contributed by atoms with Crippen molar-refractivity contribution in [2.45, 2.75) is 27.3 Å². The van der Waals surface area contributed by atoms with Gasteiger partial charge in [0.2, 0.25) is 5.91 Å². The number of aliphatic imine (C=N–C) groups is 2. The molecule has 6 heteroatoms. The molecule has 25 heavy (non-hydrogen) atoms. The molecular formula is C19H23FN4O. The minimum Gasteiger partial charge on any atom is -0.330 e. The Labute approximate surface area is 147 Å². The number of hydrogen-bond donors (Lipinski definition) is 2. The summed E-state index contributed by atoms with van der Waals surface area (Å²) in [5, 5.41) is 5.64. The summed E-state index contributed by atoms with van der Waals surface area (Å²) in [6.45, 7) is 12.4. The molecule has 0 heterocycles. The highest BCUT2D eigenvalue weighted by molar-refractivity contribution is 5.98. The summed E-state index contributed by atoms with van der Waals surface area (Å²) in [4.78, 5) is 19.8.